The van der Waals surface area contributed by atoms with Crippen LogP contribution in [0.4, 0.5) is 0 Å². The van der Waals surface area contributed by atoms with Crippen molar-refractivity contribution in [2.45, 2.75) is 89.3 Å². The van der Waals surface area contributed by atoms with Gasteiger partial charge in [-0.25, -0.2) is 0 Å². The molecule has 1 fully saturated rings. The number of ether oxygens (including phenoxy) is 1. The van der Waals surface area contributed by atoms with Gasteiger partial charge < -0.3 is 4.74 Å². The van der Waals surface area contributed by atoms with Crippen molar-refractivity contribution in [1.29, 1.82) is 0 Å². The minimum absolute atomic E-state index is 0.156. The van der Waals surface area contributed by atoms with E-state index in [0.717, 1.165) is 35.0 Å². The molecule has 1 aliphatic heterocycles. The molecule has 0 saturated carbocycles. The van der Waals surface area contributed by atoms with Crippen LogP contribution in [0.2, 0.25) is 22.7 Å². The monoisotopic (exact) mass is 346 g/mol. The third-order valence-corrected chi connectivity index (χ3v) is 13.9. The Morgan fingerprint density at radius 2 is 1.54 bits per heavy atom. The largest absolute Gasteiger partial charge is 0.367 e. The summed E-state index contributed by atoms with van der Waals surface area (Å²) in [4.78, 5) is 12.6. The summed E-state index contributed by atoms with van der Waals surface area (Å²) in [7, 11) is -1.47. The summed E-state index contributed by atoms with van der Waals surface area (Å²) in [6, 6.07) is 10.8. The number of hydrogen-bond acceptors (Lipinski definition) is 2. The van der Waals surface area contributed by atoms with Crippen molar-refractivity contribution in [3.63, 3.8) is 0 Å². The average Bonchev–Trinajstić information content (AvgIpc) is 3.00. The first-order valence-corrected chi connectivity index (χ1v) is 12.0. The number of rotatable bonds is 7. The summed E-state index contributed by atoms with van der Waals surface area (Å²) in [5.41, 5.74) is 3.00. The smallest absolute Gasteiger partial charge is 0.191 e. The summed E-state index contributed by atoms with van der Waals surface area (Å²) in [6.07, 6.45) is 1.93. The van der Waals surface area contributed by atoms with Gasteiger partial charge in [0.2, 0.25) is 0 Å². The predicted octanol–water partition coefficient (Wildman–Crippen LogP) is 6.10. The highest BCUT2D eigenvalue weighted by Gasteiger charge is 2.46. The molecule has 134 valence electrons. The highest BCUT2D eigenvalue weighted by atomic mass is 28.3. The van der Waals surface area contributed by atoms with Crippen molar-refractivity contribution in [3.05, 3.63) is 35.9 Å². The van der Waals surface area contributed by atoms with E-state index in [0.29, 0.717) is 0 Å². The van der Waals surface area contributed by atoms with Crippen LogP contribution >= 0.6 is 0 Å². The topological polar surface area (TPSA) is 26.3 Å². The quantitative estimate of drug-likeness (QED) is 0.441. The normalized spacial score (nSPS) is 21.9. The van der Waals surface area contributed by atoms with Crippen LogP contribution < -0.4 is 0 Å². The molecule has 1 saturated heterocycles. The van der Waals surface area contributed by atoms with Crippen LogP contribution in [0, 0.1) is 0 Å². The molecule has 2 nitrogen and oxygen atoms in total. The van der Waals surface area contributed by atoms with Gasteiger partial charge in [-0.1, -0.05) is 88.5 Å². The van der Waals surface area contributed by atoms with Crippen molar-refractivity contribution in [2.24, 2.45) is 0 Å². The van der Waals surface area contributed by atoms with Crippen LogP contribution in [0.1, 0.15) is 64.7 Å². The van der Waals surface area contributed by atoms with Crippen LogP contribution in [-0.4, -0.2) is 26.1 Å². The highest BCUT2D eigenvalue weighted by Crippen LogP contribution is 2.47. The van der Waals surface area contributed by atoms with E-state index in [1.807, 2.05) is 30.3 Å². The molecule has 0 N–H and O–H groups in total. The Hall–Kier alpha value is -0.933. The molecule has 1 aromatic carbocycles. The highest BCUT2D eigenvalue weighted by molar-refractivity contribution is 6.83. The van der Waals surface area contributed by atoms with Crippen LogP contribution in [-0.2, 0) is 4.74 Å². The summed E-state index contributed by atoms with van der Waals surface area (Å²) >= 11 is 0. The number of benzene rings is 1. The molecule has 3 heteroatoms. The maximum atomic E-state index is 12.6. The van der Waals surface area contributed by atoms with Gasteiger partial charge in [0.1, 0.15) is 6.10 Å². The van der Waals surface area contributed by atoms with Crippen LogP contribution in [0.5, 0.6) is 0 Å². The SMILES string of the molecule is CC(C)[Si](C[C@H]1CC[C@H](C(=O)c2ccccc2)O1)(C(C)C)C(C)C. The molecule has 2 atom stereocenters. The number of carbonyl (C=O) groups excluding carboxylic acids is 1. The van der Waals surface area contributed by atoms with E-state index in [1.54, 1.807) is 0 Å². The second-order valence-corrected chi connectivity index (χ2v) is 14.4. The summed E-state index contributed by atoms with van der Waals surface area (Å²) in [6.45, 7) is 14.4. The maximum Gasteiger partial charge on any atom is 0.191 e. The summed E-state index contributed by atoms with van der Waals surface area (Å²) < 4.78 is 6.27. The fourth-order valence-electron chi connectivity index (χ4n) is 4.94. The second-order valence-electron chi connectivity index (χ2n) is 8.33. The van der Waals surface area contributed by atoms with E-state index in [4.69, 9.17) is 4.74 Å². The van der Waals surface area contributed by atoms with Gasteiger partial charge in [-0.3, -0.25) is 4.79 Å². The maximum absolute atomic E-state index is 12.6. The Morgan fingerprint density at radius 3 is 2.04 bits per heavy atom. The van der Waals surface area contributed by atoms with Crippen molar-refractivity contribution < 1.29 is 9.53 Å². The van der Waals surface area contributed by atoms with Crippen LogP contribution in [0.3, 0.4) is 0 Å². The van der Waals surface area contributed by atoms with Gasteiger partial charge >= 0.3 is 0 Å². The van der Waals surface area contributed by atoms with Gasteiger partial charge in [0.15, 0.2) is 5.78 Å². The first-order chi connectivity index (χ1) is 11.3. The second kappa shape index (κ2) is 7.96. The molecule has 0 amide bonds. The first kappa shape index (κ1) is 19.4. The van der Waals surface area contributed by atoms with E-state index < -0.39 is 8.07 Å². The molecular formula is C21H34O2Si. The predicted molar refractivity (Wildman–Crippen MR) is 105 cm³/mol. The minimum atomic E-state index is -1.47. The molecule has 0 spiro atoms. The minimum Gasteiger partial charge on any atom is -0.367 e. The summed E-state index contributed by atoms with van der Waals surface area (Å²) in [5.74, 6) is 0.156. The average molecular weight is 347 g/mol. The molecule has 1 aromatic rings. The third-order valence-electron chi connectivity index (χ3n) is 6.26. The zero-order valence-electron chi connectivity index (χ0n) is 16.2. The molecule has 0 aromatic heterocycles. The fourth-order valence-corrected chi connectivity index (χ4v) is 11.4. The summed E-state index contributed by atoms with van der Waals surface area (Å²) in [5, 5.41) is 0. The van der Waals surface area contributed by atoms with Crippen molar-refractivity contribution in [2.75, 3.05) is 0 Å². The Kier molecular flexibility index (Phi) is 6.44. The number of carbonyl (C=O) groups is 1. The van der Waals surface area contributed by atoms with E-state index in [-0.39, 0.29) is 18.0 Å². The van der Waals surface area contributed by atoms with Gasteiger partial charge in [-0.15, -0.1) is 0 Å². The van der Waals surface area contributed by atoms with Gasteiger partial charge in [-0.05, 0) is 18.9 Å². The number of ketones is 1. The van der Waals surface area contributed by atoms with Gasteiger partial charge in [0, 0.05) is 5.56 Å². The van der Waals surface area contributed by atoms with E-state index in [9.17, 15) is 4.79 Å². The standard InChI is InChI=1S/C21H34O2Si/c1-15(2)24(16(3)4,17(5)6)14-19-12-13-20(23-19)21(22)18-10-8-7-9-11-18/h7-11,15-17,19-20H,12-14H2,1-6H3/t19-,20-/m1/s1. The van der Waals surface area contributed by atoms with Crippen molar-refractivity contribution in [3.8, 4) is 0 Å². The molecule has 0 radical (unpaired) electrons. The van der Waals surface area contributed by atoms with E-state index in [1.165, 1.54) is 6.04 Å². The van der Waals surface area contributed by atoms with E-state index >= 15 is 0 Å². The first-order valence-electron chi connectivity index (χ1n) is 9.53. The van der Waals surface area contributed by atoms with Gasteiger partial charge in [0.25, 0.3) is 0 Å². The molecular weight excluding hydrogens is 312 g/mol. The van der Waals surface area contributed by atoms with Gasteiger partial charge in [0.05, 0.1) is 14.2 Å². The zero-order chi connectivity index (χ0) is 17.9. The van der Waals surface area contributed by atoms with Crippen molar-refractivity contribution in [1.82, 2.24) is 0 Å². The van der Waals surface area contributed by atoms with Crippen LogP contribution in [0.25, 0.3) is 0 Å². The zero-order valence-corrected chi connectivity index (χ0v) is 17.2. The molecule has 0 bridgehead atoms. The Labute approximate surface area is 149 Å². The lowest BCUT2D eigenvalue weighted by Gasteiger charge is -2.44. The molecule has 0 unspecified atom stereocenters. The van der Waals surface area contributed by atoms with Crippen molar-refractivity contribution >= 4 is 13.9 Å². The number of Topliss-reactive ketones (excluding diaryl/α,β-unsaturated/α-hetero) is 1. The third kappa shape index (κ3) is 3.83. The number of hydrogen-bond donors (Lipinski definition) is 0. The lowest BCUT2D eigenvalue weighted by Crippen LogP contribution is -2.47. The van der Waals surface area contributed by atoms with Gasteiger partial charge in [-0.2, -0.15) is 0 Å². The lowest BCUT2D eigenvalue weighted by molar-refractivity contribution is 0.0426. The Morgan fingerprint density at radius 1 is 1.00 bits per heavy atom. The molecule has 24 heavy (non-hydrogen) atoms. The Balaban J connectivity index is 2.08. The fraction of sp³-hybridized carbons (Fsp3) is 0.667. The molecule has 1 aliphatic rings. The molecule has 1 heterocycles. The lowest BCUT2D eigenvalue weighted by atomic mass is 10.0. The molecule has 0 aliphatic carbocycles. The van der Waals surface area contributed by atoms with Crippen LogP contribution in [0.15, 0.2) is 30.3 Å². The van der Waals surface area contributed by atoms with E-state index in [2.05, 4.69) is 41.5 Å². The molecule has 2 rings (SSSR count). The Bertz CT molecular complexity index is 514.